The van der Waals surface area contributed by atoms with Gasteiger partial charge in [-0.3, -0.25) is 4.68 Å². The van der Waals surface area contributed by atoms with E-state index in [0.29, 0.717) is 0 Å². The molecule has 0 atom stereocenters. The topological polar surface area (TPSA) is 68.0 Å². The second kappa shape index (κ2) is 3.53. The Morgan fingerprint density at radius 3 is 2.80 bits per heavy atom. The summed E-state index contributed by atoms with van der Waals surface area (Å²) >= 11 is 0. The summed E-state index contributed by atoms with van der Waals surface area (Å²) < 4.78 is 1.68. The quantitative estimate of drug-likeness (QED) is 0.795. The van der Waals surface area contributed by atoms with Crippen LogP contribution in [0.5, 0.6) is 0 Å². The second-order valence-corrected chi connectivity index (χ2v) is 3.07. The molecule has 0 aliphatic heterocycles. The Kier molecular flexibility index (Phi) is 2.21. The number of hydrogen-bond donors (Lipinski definition) is 1. The van der Waals surface area contributed by atoms with E-state index in [9.17, 15) is 4.79 Å². The minimum absolute atomic E-state index is 0.0358. The molecule has 0 radical (unpaired) electrons. The summed E-state index contributed by atoms with van der Waals surface area (Å²) in [5.74, 6) is -1.03. The van der Waals surface area contributed by atoms with Crippen LogP contribution in [-0.2, 0) is 7.05 Å². The summed E-state index contributed by atoms with van der Waals surface area (Å²) in [5, 5.41) is 12.8. The van der Waals surface area contributed by atoms with Gasteiger partial charge in [0.2, 0.25) is 0 Å². The van der Waals surface area contributed by atoms with Crippen LogP contribution in [0.25, 0.3) is 11.3 Å². The molecular weight excluding hydrogens is 194 g/mol. The molecule has 0 aliphatic carbocycles. The minimum Gasteiger partial charge on any atom is -0.477 e. The molecule has 0 spiro atoms. The summed E-state index contributed by atoms with van der Waals surface area (Å²) in [7, 11) is 1.80. The number of aromatic nitrogens is 3. The zero-order valence-electron chi connectivity index (χ0n) is 8.08. The van der Waals surface area contributed by atoms with Gasteiger partial charge in [-0.1, -0.05) is 0 Å². The van der Waals surface area contributed by atoms with Crippen molar-refractivity contribution >= 4 is 5.97 Å². The molecule has 0 saturated heterocycles. The summed E-state index contributed by atoms with van der Waals surface area (Å²) in [6.45, 7) is 0. The maximum atomic E-state index is 10.7. The number of carboxylic acids is 1. The smallest absolute Gasteiger partial charge is 0.354 e. The molecule has 2 aromatic rings. The van der Waals surface area contributed by atoms with E-state index in [1.807, 2.05) is 6.07 Å². The van der Waals surface area contributed by atoms with Crippen LogP contribution in [0, 0.1) is 0 Å². The van der Waals surface area contributed by atoms with Crippen LogP contribution >= 0.6 is 0 Å². The number of nitrogens with zero attached hydrogens (tertiary/aromatic N) is 3. The van der Waals surface area contributed by atoms with Gasteiger partial charge in [0.1, 0.15) is 5.69 Å². The Hall–Kier alpha value is -2.17. The van der Waals surface area contributed by atoms with Crippen LogP contribution in [0.3, 0.4) is 0 Å². The molecule has 15 heavy (non-hydrogen) atoms. The van der Waals surface area contributed by atoms with E-state index in [4.69, 9.17) is 5.11 Å². The fourth-order valence-corrected chi connectivity index (χ4v) is 1.36. The Balaban J connectivity index is 2.50. The number of aromatic carboxylic acids is 1. The Morgan fingerprint density at radius 1 is 1.40 bits per heavy atom. The third-order valence-corrected chi connectivity index (χ3v) is 2.10. The highest BCUT2D eigenvalue weighted by Crippen LogP contribution is 2.17. The molecule has 2 heterocycles. The van der Waals surface area contributed by atoms with Crippen molar-refractivity contribution < 1.29 is 9.90 Å². The van der Waals surface area contributed by atoms with Crippen molar-refractivity contribution in [2.45, 2.75) is 0 Å². The maximum Gasteiger partial charge on any atom is 0.354 e. The maximum absolute atomic E-state index is 10.7. The van der Waals surface area contributed by atoms with E-state index in [1.54, 1.807) is 24.0 Å². The fraction of sp³-hybridized carbons (Fsp3) is 0.100. The highest BCUT2D eigenvalue weighted by atomic mass is 16.4. The van der Waals surface area contributed by atoms with Gasteiger partial charge in [-0.25, -0.2) is 9.78 Å². The van der Waals surface area contributed by atoms with Gasteiger partial charge in [0, 0.05) is 25.0 Å². The number of carbonyl (C=O) groups is 1. The van der Waals surface area contributed by atoms with Gasteiger partial charge in [0.15, 0.2) is 0 Å². The molecule has 5 nitrogen and oxygen atoms in total. The largest absolute Gasteiger partial charge is 0.477 e. The van der Waals surface area contributed by atoms with Crippen molar-refractivity contribution in [2.75, 3.05) is 0 Å². The summed E-state index contributed by atoms with van der Waals surface area (Å²) in [5.41, 5.74) is 1.69. The average Bonchev–Trinajstić information content (AvgIpc) is 2.64. The van der Waals surface area contributed by atoms with E-state index < -0.39 is 5.97 Å². The van der Waals surface area contributed by atoms with Crippen molar-refractivity contribution in [1.82, 2.24) is 14.8 Å². The van der Waals surface area contributed by atoms with Crippen LogP contribution in [0.2, 0.25) is 0 Å². The van der Waals surface area contributed by atoms with Crippen LogP contribution in [-0.4, -0.2) is 25.8 Å². The van der Waals surface area contributed by atoms with Gasteiger partial charge >= 0.3 is 5.97 Å². The van der Waals surface area contributed by atoms with E-state index in [2.05, 4.69) is 10.1 Å². The number of hydrogen-bond acceptors (Lipinski definition) is 3. The van der Waals surface area contributed by atoms with Crippen molar-refractivity contribution in [2.24, 2.45) is 7.05 Å². The molecule has 1 N–H and O–H groups in total. The van der Waals surface area contributed by atoms with Crippen molar-refractivity contribution in [3.63, 3.8) is 0 Å². The molecule has 0 amide bonds. The number of carboxylic acid groups (broad SMARTS) is 1. The first-order chi connectivity index (χ1) is 7.18. The third kappa shape index (κ3) is 1.71. The molecule has 2 aromatic heterocycles. The van der Waals surface area contributed by atoms with Gasteiger partial charge in [-0.2, -0.15) is 5.10 Å². The molecule has 5 heteroatoms. The molecule has 0 aromatic carbocycles. The summed E-state index contributed by atoms with van der Waals surface area (Å²) in [6.07, 6.45) is 3.14. The van der Waals surface area contributed by atoms with Crippen LogP contribution in [0.1, 0.15) is 10.5 Å². The highest BCUT2D eigenvalue weighted by Gasteiger charge is 2.08. The monoisotopic (exact) mass is 203 g/mol. The first-order valence-corrected chi connectivity index (χ1v) is 4.36. The van der Waals surface area contributed by atoms with Gasteiger partial charge in [0.25, 0.3) is 0 Å². The number of rotatable bonds is 2. The molecule has 0 unspecified atom stereocenters. The molecule has 76 valence electrons. The van der Waals surface area contributed by atoms with Crippen LogP contribution in [0.4, 0.5) is 0 Å². The molecule has 0 aliphatic rings. The van der Waals surface area contributed by atoms with Crippen molar-refractivity contribution in [1.29, 1.82) is 0 Å². The SMILES string of the molecule is Cn1nccc1-c1ccnc(C(=O)O)c1. The first kappa shape index (κ1) is 9.39. The molecule has 0 bridgehead atoms. The fourth-order valence-electron chi connectivity index (χ4n) is 1.36. The van der Waals surface area contributed by atoms with E-state index in [0.717, 1.165) is 11.3 Å². The van der Waals surface area contributed by atoms with Crippen LogP contribution in [0.15, 0.2) is 30.6 Å². The molecule has 0 saturated carbocycles. The van der Waals surface area contributed by atoms with E-state index >= 15 is 0 Å². The van der Waals surface area contributed by atoms with E-state index in [1.165, 1.54) is 12.3 Å². The van der Waals surface area contributed by atoms with Gasteiger partial charge < -0.3 is 5.11 Å². The average molecular weight is 203 g/mol. The molecular formula is C10H9N3O2. The minimum atomic E-state index is -1.03. The summed E-state index contributed by atoms with van der Waals surface area (Å²) in [4.78, 5) is 14.5. The molecule has 0 fully saturated rings. The van der Waals surface area contributed by atoms with Gasteiger partial charge in [0.05, 0.1) is 5.69 Å². The summed E-state index contributed by atoms with van der Waals surface area (Å²) in [6, 6.07) is 5.10. The lowest BCUT2D eigenvalue weighted by Gasteiger charge is -2.02. The van der Waals surface area contributed by atoms with Crippen LogP contribution < -0.4 is 0 Å². The Labute approximate surface area is 86.0 Å². The molecule has 2 rings (SSSR count). The van der Waals surface area contributed by atoms with Gasteiger partial charge in [-0.15, -0.1) is 0 Å². The predicted molar refractivity (Wildman–Crippen MR) is 53.4 cm³/mol. The van der Waals surface area contributed by atoms with Crippen molar-refractivity contribution in [3.05, 3.63) is 36.3 Å². The highest BCUT2D eigenvalue weighted by molar-refractivity contribution is 5.86. The lowest BCUT2D eigenvalue weighted by atomic mass is 10.1. The lowest BCUT2D eigenvalue weighted by Crippen LogP contribution is -2.01. The predicted octanol–water partition coefficient (Wildman–Crippen LogP) is 1.18. The number of aryl methyl sites for hydroxylation is 1. The lowest BCUT2D eigenvalue weighted by molar-refractivity contribution is 0.0690. The zero-order valence-corrected chi connectivity index (χ0v) is 8.08. The van der Waals surface area contributed by atoms with Gasteiger partial charge in [-0.05, 0) is 18.2 Å². The Morgan fingerprint density at radius 2 is 2.20 bits per heavy atom. The normalized spacial score (nSPS) is 10.2. The standard InChI is InChI=1S/C10H9N3O2/c1-13-9(3-5-12-13)7-2-4-11-8(6-7)10(14)15/h2-6H,1H3,(H,14,15). The van der Waals surface area contributed by atoms with E-state index in [-0.39, 0.29) is 5.69 Å². The third-order valence-electron chi connectivity index (χ3n) is 2.10. The zero-order chi connectivity index (χ0) is 10.8. The van der Waals surface area contributed by atoms with Crippen molar-refractivity contribution in [3.8, 4) is 11.3 Å². The second-order valence-electron chi connectivity index (χ2n) is 3.07. The first-order valence-electron chi connectivity index (χ1n) is 4.36. The Bertz CT molecular complexity index is 505. The number of pyridine rings is 1.